The van der Waals surface area contributed by atoms with E-state index in [0.29, 0.717) is 12.0 Å². The van der Waals surface area contributed by atoms with Gasteiger partial charge in [-0.05, 0) is 13.5 Å². The smallest absolute Gasteiger partial charge is 0.253 e. The Kier molecular flexibility index (Phi) is 4.70. The second-order valence-corrected chi connectivity index (χ2v) is 6.05. The standard InChI is InChI=1S/C12H22N2O2S/c1-3-4-11-14(6-8-17-11)12(15)10-9-13(2)5-7-16-10/h10-11H,3-9H2,1-2H3. The number of likely N-dealkylation sites (N-methyl/N-ethyl adjacent to an activating group) is 1. The summed E-state index contributed by atoms with van der Waals surface area (Å²) in [6.45, 7) is 5.40. The number of carbonyl (C=O) groups is 1. The van der Waals surface area contributed by atoms with E-state index in [1.54, 1.807) is 0 Å². The lowest BCUT2D eigenvalue weighted by atomic mass is 10.2. The second-order valence-electron chi connectivity index (χ2n) is 4.77. The Morgan fingerprint density at radius 3 is 3.00 bits per heavy atom. The third-order valence-corrected chi connectivity index (χ3v) is 4.65. The van der Waals surface area contributed by atoms with Crippen molar-refractivity contribution in [2.75, 3.05) is 39.0 Å². The van der Waals surface area contributed by atoms with Crippen molar-refractivity contribution in [2.24, 2.45) is 0 Å². The molecule has 2 atom stereocenters. The molecule has 0 aromatic rings. The van der Waals surface area contributed by atoms with Crippen LogP contribution in [0.1, 0.15) is 19.8 Å². The van der Waals surface area contributed by atoms with Gasteiger partial charge in [0.2, 0.25) is 0 Å². The molecule has 0 spiro atoms. The molecular weight excluding hydrogens is 236 g/mol. The van der Waals surface area contributed by atoms with Gasteiger partial charge in [0.15, 0.2) is 0 Å². The van der Waals surface area contributed by atoms with Crippen LogP contribution < -0.4 is 0 Å². The molecular formula is C12H22N2O2S. The zero-order chi connectivity index (χ0) is 12.3. The minimum Gasteiger partial charge on any atom is -0.366 e. The van der Waals surface area contributed by atoms with Gasteiger partial charge in [-0.15, -0.1) is 11.8 Å². The van der Waals surface area contributed by atoms with E-state index < -0.39 is 0 Å². The van der Waals surface area contributed by atoms with E-state index >= 15 is 0 Å². The van der Waals surface area contributed by atoms with Crippen molar-refractivity contribution in [3.63, 3.8) is 0 Å². The number of morpholine rings is 1. The van der Waals surface area contributed by atoms with Crippen LogP contribution in [0.2, 0.25) is 0 Å². The van der Waals surface area contributed by atoms with E-state index in [4.69, 9.17) is 4.74 Å². The van der Waals surface area contributed by atoms with Crippen LogP contribution in [0.4, 0.5) is 0 Å². The molecule has 2 aliphatic heterocycles. The Morgan fingerprint density at radius 1 is 1.47 bits per heavy atom. The van der Waals surface area contributed by atoms with E-state index in [1.165, 1.54) is 0 Å². The SMILES string of the molecule is CCCC1SCCN1C(=O)C1CN(C)CCO1. The molecule has 2 rings (SSSR count). The molecule has 0 radical (unpaired) electrons. The first-order chi connectivity index (χ1) is 8.22. The molecule has 0 aliphatic carbocycles. The Labute approximate surface area is 108 Å². The van der Waals surface area contributed by atoms with Gasteiger partial charge < -0.3 is 14.5 Å². The van der Waals surface area contributed by atoms with Crippen molar-refractivity contribution < 1.29 is 9.53 Å². The van der Waals surface area contributed by atoms with Gasteiger partial charge in [0.1, 0.15) is 6.10 Å². The number of hydrogen-bond acceptors (Lipinski definition) is 4. The Bertz CT molecular complexity index is 275. The quantitative estimate of drug-likeness (QED) is 0.756. The van der Waals surface area contributed by atoms with Gasteiger partial charge in [-0.25, -0.2) is 0 Å². The summed E-state index contributed by atoms with van der Waals surface area (Å²) in [7, 11) is 2.05. The molecule has 0 aromatic carbocycles. The molecule has 2 heterocycles. The van der Waals surface area contributed by atoms with Crippen LogP contribution in [0.5, 0.6) is 0 Å². The van der Waals surface area contributed by atoms with E-state index in [0.717, 1.165) is 38.2 Å². The van der Waals surface area contributed by atoms with Crippen LogP contribution in [0.25, 0.3) is 0 Å². The van der Waals surface area contributed by atoms with Crippen molar-refractivity contribution in [3.05, 3.63) is 0 Å². The van der Waals surface area contributed by atoms with E-state index in [9.17, 15) is 4.79 Å². The minimum absolute atomic E-state index is 0.194. The highest BCUT2D eigenvalue weighted by Gasteiger charge is 2.35. The summed E-state index contributed by atoms with van der Waals surface area (Å²) in [5.74, 6) is 1.26. The molecule has 17 heavy (non-hydrogen) atoms. The van der Waals surface area contributed by atoms with Crippen molar-refractivity contribution >= 4 is 17.7 Å². The largest absolute Gasteiger partial charge is 0.366 e. The van der Waals surface area contributed by atoms with Crippen LogP contribution in [-0.2, 0) is 9.53 Å². The molecule has 0 aromatic heterocycles. The highest BCUT2D eigenvalue weighted by atomic mass is 32.2. The summed E-state index contributed by atoms with van der Waals surface area (Å²) in [6, 6.07) is 0. The number of thioether (sulfide) groups is 1. The lowest BCUT2D eigenvalue weighted by Gasteiger charge is -2.33. The summed E-state index contributed by atoms with van der Waals surface area (Å²) < 4.78 is 5.61. The second kappa shape index (κ2) is 6.07. The molecule has 0 bridgehead atoms. The summed E-state index contributed by atoms with van der Waals surface area (Å²) in [4.78, 5) is 16.6. The highest BCUT2D eigenvalue weighted by Crippen LogP contribution is 2.28. The molecule has 2 saturated heterocycles. The third-order valence-electron chi connectivity index (χ3n) is 3.35. The van der Waals surface area contributed by atoms with Gasteiger partial charge in [0.25, 0.3) is 5.91 Å². The highest BCUT2D eigenvalue weighted by molar-refractivity contribution is 8.00. The fourth-order valence-electron chi connectivity index (χ4n) is 2.37. The molecule has 1 amide bonds. The Hall–Kier alpha value is -0.260. The molecule has 2 unspecified atom stereocenters. The molecule has 0 N–H and O–H groups in total. The summed E-state index contributed by atoms with van der Waals surface area (Å²) in [5.41, 5.74) is 0. The number of nitrogens with zero attached hydrogens (tertiary/aromatic N) is 2. The van der Waals surface area contributed by atoms with Gasteiger partial charge in [-0.3, -0.25) is 4.79 Å². The lowest BCUT2D eigenvalue weighted by molar-refractivity contribution is -0.148. The summed E-state index contributed by atoms with van der Waals surface area (Å²) in [6.07, 6.45) is 1.98. The number of carbonyl (C=O) groups excluding carboxylic acids is 1. The monoisotopic (exact) mass is 258 g/mol. The van der Waals surface area contributed by atoms with E-state index in [2.05, 4.69) is 11.8 Å². The molecule has 2 fully saturated rings. The third kappa shape index (κ3) is 3.14. The molecule has 2 aliphatic rings. The molecule has 98 valence electrons. The minimum atomic E-state index is -0.244. The van der Waals surface area contributed by atoms with Gasteiger partial charge >= 0.3 is 0 Å². The molecule has 0 saturated carbocycles. The Morgan fingerprint density at radius 2 is 2.29 bits per heavy atom. The maximum absolute atomic E-state index is 12.4. The fraction of sp³-hybridized carbons (Fsp3) is 0.917. The predicted octanol–water partition coefficient (Wildman–Crippen LogP) is 1.02. The number of ether oxygens (including phenoxy) is 1. The zero-order valence-corrected chi connectivity index (χ0v) is 11.5. The first-order valence-corrected chi connectivity index (χ1v) is 7.49. The average molecular weight is 258 g/mol. The van der Waals surface area contributed by atoms with E-state index in [1.807, 2.05) is 23.7 Å². The van der Waals surface area contributed by atoms with Crippen molar-refractivity contribution in [2.45, 2.75) is 31.2 Å². The van der Waals surface area contributed by atoms with Crippen LogP contribution in [0.3, 0.4) is 0 Å². The van der Waals surface area contributed by atoms with Crippen molar-refractivity contribution in [1.29, 1.82) is 0 Å². The van der Waals surface area contributed by atoms with Crippen molar-refractivity contribution in [3.8, 4) is 0 Å². The van der Waals surface area contributed by atoms with Crippen LogP contribution in [0.15, 0.2) is 0 Å². The van der Waals surface area contributed by atoms with Crippen molar-refractivity contribution in [1.82, 2.24) is 9.80 Å². The first kappa shape index (κ1) is 13.2. The first-order valence-electron chi connectivity index (χ1n) is 6.44. The topological polar surface area (TPSA) is 32.8 Å². The number of rotatable bonds is 3. The van der Waals surface area contributed by atoms with Crippen LogP contribution >= 0.6 is 11.8 Å². The molecule has 4 nitrogen and oxygen atoms in total. The zero-order valence-electron chi connectivity index (χ0n) is 10.7. The maximum Gasteiger partial charge on any atom is 0.253 e. The normalized spacial score (nSPS) is 30.8. The van der Waals surface area contributed by atoms with Crippen LogP contribution in [0, 0.1) is 0 Å². The predicted molar refractivity (Wildman–Crippen MR) is 70.1 cm³/mol. The van der Waals surface area contributed by atoms with Gasteiger partial charge in [0, 0.05) is 25.4 Å². The van der Waals surface area contributed by atoms with Gasteiger partial charge in [-0.1, -0.05) is 13.3 Å². The average Bonchev–Trinajstić information content (AvgIpc) is 2.77. The summed E-state index contributed by atoms with van der Waals surface area (Å²) in [5, 5.41) is 0.378. The number of hydrogen-bond donors (Lipinski definition) is 0. The lowest BCUT2D eigenvalue weighted by Crippen LogP contribution is -2.50. The maximum atomic E-state index is 12.4. The van der Waals surface area contributed by atoms with E-state index in [-0.39, 0.29) is 12.0 Å². The molecule has 5 heteroatoms. The summed E-state index contributed by atoms with van der Waals surface area (Å²) >= 11 is 1.90. The van der Waals surface area contributed by atoms with Gasteiger partial charge in [-0.2, -0.15) is 0 Å². The number of amides is 1. The Balaban J connectivity index is 1.93. The van der Waals surface area contributed by atoms with Gasteiger partial charge in [0.05, 0.1) is 12.0 Å². The van der Waals surface area contributed by atoms with Crippen LogP contribution in [-0.4, -0.2) is 66.2 Å². The fourth-order valence-corrected chi connectivity index (χ4v) is 3.74.